The van der Waals surface area contributed by atoms with Gasteiger partial charge in [-0.05, 0) is 43.7 Å². The number of aryl methyl sites for hydroxylation is 1. The first kappa shape index (κ1) is 18.9. The molecule has 144 valence electrons. The lowest BCUT2D eigenvalue weighted by Crippen LogP contribution is -2.46. The summed E-state index contributed by atoms with van der Waals surface area (Å²) in [7, 11) is 0. The number of nitrogens with one attached hydrogen (secondary N) is 2. The van der Waals surface area contributed by atoms with Gasteiger partial charge in [0.15, 0.2) is 6.61 Å². The zero-order valence-corrected chi connectivity index (χ0v) is 15.4. The SMILES string of the molecule is Cc1ccccc1CNC(=O)COC(=O)CN1C(=O)N[C@@](C)(C2CC2)C1=O. The van der Waals surface area contributed by atoms with Crippen molar-refractivity contribution in [2.24, 2.45) is 5.92 Å². The van der Waals surface area contributed by atoms with Crippen molar-refractivity contribution in [2.45, 2.75) is 38.8 Å². The van der Waals surface area contributed by atoms with Crippen LogP contribution >= 0.6 is 0 Å². The Balaban J connectivity index is 1.44. The van der Waals surface area contributed by atoms with Gasteiger partial charge < -0.3 is 15.4 Å². The summed E-state index contributed by atoms with van der Waals surface area (Å²) >= 11 is 0. The Morgan fingerprint density at radius 3 is 2.67 bits per heavy atom. The van der Waals surface area contributed by atoms with Crippen LogP contribution in [0.4, 0.5) is 4.79 Å². The smallest absolute Gasteiger partial charge is 0.326 e. The van der Waals surface area contributed by atoms with Crippen molar-refractivity contribution >= 4 is 23.8 Å². The second-order valence-electron chi connectivity index (χ2n) is 7.16. The molecular formula is C19H23N3O5. The van der Waals surface area contributed by atoms with Crippen molar-refractivity contribution in [3.05, 3.63) is 35.4 Å². The summed E-state index contributed by atoms with van der Waals surface area (Å²) in [5.74, 6) is -1.56. The van der Waals surface area contributed by atoms with Gasteiger partial charge in [0.1, 0.15) is 12.1 Å². The number of nitrogens with zero attached hydrogens (tertiary/aromatic N) is 1. The number of ether oxygens (including phenoxy) is 1. The molecule has 1 atom stereocenters. The van der Waals surface area contributed by atoms with Crippen LogP contribution in [0.25, 0.3) is 0 Å². The lowest BCUT2D eigenvalue weighted by atomic mass is 9.96. The number of carbonyl (C=O) groups excluding carboxylic acids is 4. The average molecular weight is 373 g/mol. The lowest BCUT2D eigenvalue weighted by molar-refractivity contribution is -0.151. The van der Waals surface area contributed by atoms with Crippen LogP contribution in [0.15, 0.2) is 24.3 Å². The molecule has 0 spiro atoms. The van der Waals surface area contributed by atoms with Gasteiger partial charge in [-0.3, -0.25) is 19.3 Å². The molecule has 4 amide bonds. The zero-order chi connectivity index (χ0) is 19.6. The predicted octanol–water partition coefficient (Wildman–Crippen LogP) is 0.875. The largest absolute Gasteiger partial charge is 0.454 e. The highest BCUT2D eigenvalue weighted by Crippen LogP contribution is 2.42. The molecule has 1 saturated heterocycles. The van der Waals surface area contributed by atoms with Gasteiger partial charge in [0.05, 0.1) is 0 Å². The molecule has 1 aliphatic carbocycles. The fourth-order valence-electron chi connectivity index (χ4n) is 3.17. The molecule has 1 aromatic rings. The van der Waals surface area contributed by atoms with Crippen LogP contribution in [0.1, 0.15) is 30.9 Å². The number of rotatable bonds is 7. The van der Waals surface area contributed by atoms with Crippen molar-refractivity contribution in [3.8, 4) is 0 Å². The van der Waals surface area contributed by atoms with E-state index >= 15 is 0 Å². The third-order valence-corrected chi connectivity index (χ3v) is 5.08. The second-order valence-corrected chi connectivity index (χ2v) is 7.16. The fraction of sp³-hybridized carbons (Fsp3) is 0.474. The molecule has 8 heteroatoms. The molecule has 8 nitrogen and oxygen atoms in total. The molecule has 1 heterocycles. The minimum atomic E-state index is -0.942. The third-order valence-electron chi connectivity index (χ3n) is 5.08. The molecule has 27 heavy (non-hydrogen) atoms. The molecule has 0 radical (unpaired) electrons. The summed E-state index contributed by atoms with van der Waals surface area (Å²) in [5, 5.41) is 5.32. The molecule has 2 aliphatic rings. The van der Waals surface area contributed by atoms with Crippen LogP contribution in [0, 0.1) is 12.8 Å². The number of carbonyl (C=O) groups is 4. The number of hydrogen-bond acceptors (Lipinski definition) is 5. The highest BCUT2D eigenvalue weighted by atomic mass is 16.5. The summed E-state index contributed by atoms with van der Waals surface area (Å²) in [6.07, 6.45) is 1.75. The van der Waals surface area contributed by atoms with E-state index in [1.54, 1.807) is 6.92 Å². The van der Waals surface area contributed by atoms with E-state index in [0.29, 0.717) is 6.54 Å². The Kier molecular flexibility index (Phi) is 5.16. The molecule has 0 bridgehead atoms. The molecule has 2 fully saturated rings. The van der Waals surface area contributed by atoms with Crippen LogP contribution in [0.2, 0.25) is 0 Å². The maximum Gasteiger partial charge on any atom is 0.326 e. The van der Waals surface area contributed by atoms with Crippen LogP contribution in [-0.2, 0) is 25.7 Å². The first-order chi connectivity index (χ1) is 12.8. The van der Waals surface area contributed by atoms with Gasteiger partial charge in [0.2, 0.25) is 0 Å². The molecule has 0 unspecified atom stereocenters. The number of hydrogen-bond donors (Lipinski definition) is 2. The Hall–Kier alpha value is -2.90. The van der Waals surface area contributed by atoms with E-state index in [4.69, 9.17) is 4.74 Å². The Bertz CT molecular complexity index is 789. The number of amides is 4. The first-order valence-electron chi connectivity index (χ1n) is 8.92. The van der Waals surface area contributed by atoms with E-state index in [2.05, 4.69) is 10.6 Å². The average Bonchev–Trinajstić information content (AvgIpc) is 3.45. The highest BCUT2D eigenvalue weighted by Gasteiger charge is 2.56. The molecular weight excluding hydrogens is 350 g/mol. The summed E-state index contributed by atoms with van der Waals surface area (Å²) in [4.78, 5) is 49.1. The maximum absolute atomic E-state index is 12.4. The number of urea groups is 1. The molecule has 1 saturated carbocycles. The van der Waals surface area contributed by atoms with Crippen LogP contribution < -0.4 is 10.6 Å². The van der Waals surface area contributed by atoms with Crippen LogP contribution in [-0.4, -0.2) is 47.4 Å². The van der Waals surface area contributed by atoms with Gasteiger partial charge in [-0.2, -0.15) is 0 Å². The van der Waals surface area contributed by atoms with Gasteiger partial charge in [-0.15, -0.1) is 0 Å². The summed E-state index contributed by atoms with van der Waals surface area (Å²) < 4.78 is 4.90. The quantitative estimate of drug-likeness (QED) is 0.545. The van der Waals surface area contributed by atoms with Gasteiger partial charge >= 0.3 is 12.0 Å². The van der Waals surface area contributed by atoms with E-state index in [9.17, 15) is 19.2 Å². The minimum Gasteiger partial charge on any atom is -0.454 e. The van der Waals surface area contributed by atoms with Gasteiger partial charge in [-0.25, -0.2) is 4.79 Å². The normalized spacial score (nSPS) is 21.8. The molecule has 1 aliphatic heterocycles. The van der Waals surface area contributed by atoms with Crippen molar-refractivity contribution in [1.82, 2.24) is 15.5 Å². The summed E-state index contributed by atoms with van der Waals surface area (Å²) in [6, 6.07) is 7.02. The fourth-order valence-corrected chi connectivity index (χ4v) is 3.17. The van der Waals surface area contributed by atoms with Crippen molar-refractivity contribution < 1.29 is 23.9 Å². The van der Waals surface area contributed by atoms with Crippen LogP contribution in [0.5, 0.6) is 0 Å². The number of benzene rings is 1. The highest BCUT2D eigenvalue weighted by molar-refractivity contribution is 6.08. The topological polar surface area (TPSA) is 105 Å². The molecule has 2 N–H and O–H groups in total. The van der Waals surface area contributed by atoms with Crippen molar-refractivity contribution in [3.63, 3.8) is 0 Å². The van der Waals surface area contributed by atoms with E-state index in [0.717, 1.165) is 28.9 Å². The molecule has 0 aromatic heterocycles. The predicted molar refractivity (Wildman–Crippen MR) is 95.4 cm³/mol. The Morgan fingerprint density at radius 1 is 1.30 bits per heavy atom. The lowest BCUT2D eigenvalue weighted by Gasteiger charge is -2.20. The first-order valence-corrected chi connectivity index (χ1v) is 8.92. The zero-order valence-electron chi connectivity index (χ0n) is 15.4. The second kappa shape index (κ2) is 7.38. The third kappa shape index (κ3) is 4.10. The van der Waals surface area contributed by atoms with Gasteiger partial charge in [-0.1, -0.05) is 24.3 Å². The summed E-state index contributed by atoms with van der Waals surface area (Å²) in [5.41, 5.74) is 1.07. The Morgan fingerprint density at radius 2 is 2.00 bits per heavy atom. The van der Waals surface area contributed by atoms with Gasteiger partial charge in [0, 0.05) is 6.54 Å². The van der Waals surface area contributed by atoms with Crippen molar-refractivity contribution in [2.75, 3.05) is 13.2 Å². The van der Waals surface area contributed by atoms with Crippen molar-refractivity contribution in [1.29, 1.82) is 0 Å². The molecule has 1 aromatic carbocycles. The standard InChI is InChI=1S/C19H23N3O5/c1-12-5-3-4-6-13(12)9-20-15(23)11-27-16(24)10-22-17(25)19(2,14-7-8-14)21-18(22)26/h3-6,14H,7-11H2,1-2H3,(H,20,23)(H,21,26)/t19-/m0/s1. The Labute approximate surface area is 157 Å². The minimum absolute atomic E-state index is 0.113. The van der Waals surface area contributed by atoms with E-state index in [1.165, 1.54) is 0 Å². The van der Waals surface area contributed by atoms with E-state index in [1.807, 2.05) is 31.2 Å². The summed E-state index contributed by atoms with van der Waals surface area (Å²) in [6.45, 7) is 2.98. The monoisotopic (exact) mass is 373 g/mol. The number of imide groups is 1. The maximum atomic E-state index is 12.4. The van der Waals surface area contributed by atoms with E-state index < -0.39 is 42.5 Å². The molecule has 3 rings (SSSR count). The number of esters is 1. The van der Waals surface area contributed by atoms with Gasteiger partial charge in [0.25, 0.3) is 11.8 Å². The van der Waals surface area contributed by atoms with E-state index in [-0.39, 0.29) is 5.92 Å². The van der Waals surface area contributed by atoms with Crippen LogP contribution in [0.3, 0.4) is 0 Å².